The van der Waals surface area contributed by atoms with Crippen molar-refractivity contribution in [2.24, 2.45) is 5.92 Å². The molecule has 0 atom stereocenters. The fourth-order valence-corrected chi connectivity index (χ4v) is 4.22. The van der Waals surface area contributed by atoms with E-state index in [0.717, 1.165) is 12.8 Å². The molecule has 0 aliphatic rings. The molecule has 1 aromatic rings. The SMILES string of the molecule is CCCCCCCC(CCCCCCC)COS(=O)(=O)c1ccccc1. The number of hydrogen-bond donors (Lipinski definition) is 0. The first kappa shape index (κ1) is 23.2. The van der Waals surface area contributed by atoms with Gasteiger partial charge in [-0.15, -0.1) is 0 Å². The predicted molar refractivity (Wildman–Crippen MR) is 110 cm³/mol. The first-order valence-corrected chi connectivity index (χ1v) is 12.0. The zero-order valence-electron chi connectivity index (χ0n) is 16.8. The monoisotopic (exact) mass is 382 g/mol. The Labute approximate surface area is 161 Å². The van der Waals surface area contributed by atoms with E-state index in [2.05, 4.69) is 13.8 Å². The number of unbranched alkanes of at least 4 members (excludes halogenated alkanes) is 8. The summed E-state index contributed by atoms with van der Waals surface area (Å²) in [6.07, 6.45) is 14.6. The van der Waals surface area contributed by atoms with Gasteiger partial charge in [0, 0.05) is 0 Å². The summed E-state index contributed by atoms with van der Waals surface area (Å²) in [5, 5.41) is 0. The molecule has 0 saturated heterocycles. The van der Waals surface area contributed by atoms with Crippen LogP contribution in [0.25, 0.3) is 0 Å². The van der Waals surface area contributed by atoms with Gasteiger partial charge in [-0.05, 0) is 30.9 Å². The van der Waals surface area contributed by atoms with Crippen molar-refractivity contribution in [3.63, 3.8) is 0 Å². The molecule has 0 heterocycles. The third-order valence-corrected chi connectivity index (χ3v) is 6.22. The van der Waals surface area contributed by atoms with Gasteiger partial charge in [-0.25, -0.2) is 0 Å². The van der Waals surface area contributed by atoms with Crippen LogP contribution in [0.5, 0.6) is 0 Å². The Morgan fingerprint density at radius 2 is 1.27 bits per heavy atom. The molecule has 1 aromatic carbocycles. The molecule has 0 aliphatic carbocycles. The van der Waals surface area contributed by atoms with Crippen LogP contribution in [0.3, 0.4) is 0 Å². The van der Waals surface area contributed by atoms with Crippen LogP contribution in [0.15, 0.2) is 35.2 Å². The Morgan fingerprint density at radius 1 is 0.769 bits per heavy atom. The minimum absolute atomic E-state index is 0.254. The van der Waals surface area contributed by atoms with Gasteiger partial charge in [0.25, 0.3) is 10.1 Å². The lowest BCUT2D eigenvalue weighted by atomic mass is 9.95. The summed E-state index contributed by atoms with van der Waals surface area (Å²) < 4.78 is 30.1. The topological polar surface area (TPSA) is 43.4 Å². The second-order valence-electron chi connectivity index (χ2n) is 7.32. The smallest absolute Gasteiger partial charge is 0.266 e. The van der Waals surface area contributed by atoms with E-state index in [9.17, 15) is 8.42 Å². The molecule has 1 rings (SSSR count). The van der Waals surface area contributed by atoms with E-state index in [1.54, 1.807) is 24.3 Å². The molecule has 4 heteroatoms. The van der Waals surface area contributed by atoms with Crippen LogP contribution in [0.2, 0.25) is 0 Å². The van der Waals surface area contributed by atoms with Crippen LogP contribution in [0.4, 0.5) is 0 Å². The first-order valence-electron chi connectivity index (χ1n) is 10.5. The van der Waals surface area contributed by atoms with E-state index < -0.39 is 10.1 Å². The highest BCUT2D eigenvalue weighted by Crippen LogP contribution is 2.21. The van der Waals surface area contributed by atoms with Crippen molar-refractivity contribution in [2.75, 3.05) is 6.61 Å². The molecule has 0 N–H and O–H groups in total. The molecule has 0 unspecified atom stereocenters. The Morgan fingerprint density at radius 3 is 1.77 bits per heavy atom. The van der Waals surface area contributed by atoms with Crippen molar-refractivity contribution in [1.29, 1.82) is 0 Å². The Bertz CT molecular complexity index is 526. The zero-order valence-corrected chi connectivity index (χ0v) is 17.6. The first-order chi connectivity index (χ1) is 12.6. The highest BCUT2D eigenvalue weighted by atomic mass is 32.2. The molecular formula is C22H38O3S. The van der Waals surface area contributed by atoms with Gasteiger partial charge in [-0.3, -0.25) is 4.18 Å². The van der Waals surface area contributed by atoms with Gasteiger partial charge in [0.05, 0.1) is 11.5 Å². The van der Waals surface area contributed by atoms with E-state index in [0.29, 0.717) is 12.5 Å². The van der Waals surface area contributed by atoms with E-state index in [1.807, 2.05) is 6.07 Å². The lowest BCUT2D eigenvalue weighted by molar-refractivity contribution is 0.229. The van der Waals surface area contributed by atoms with E-state index >= 15 is 0 Å². The molecule has 0 aromatic heterocycles. The minimum atomic E-state index is -3.63. The fourth-order valence-electron chi connectivity index (χ4n) is 3.23. The number of hydrogen-bond acceptors (Lipinski definition) is 3. The van der Waals surface area contributed by atoms with E-state index in [1.165, 1.54) is 64.2 Å². The van der Waals surface area contributed by atoms with E-state index in [-0.39, 0.29) is 4.90 Å². The zero-order chi connectivity index (χ0) is 19.1. The maximum absolute atomic E-state index is 12.3. The van der Waals surface area contributed by atoms with Gasteiger partial charge < -0.3 is 0 Å². The summed E-state index contributed by atoms with van der Waals surface area (Å²) in [5.74, 6) is 0.344. The van der Waals surface area contributed by atoms with Crippen LogP contribution >= 0.6 is 0 Å². The summed E-state index contributed by atoms with van der Waals surface area (Å²) in [6, 6.07) is 8.47. The number of rotatable bonds is 16. The maximum atomic E-state index is 12.3. The molecule has 0 fully saturated rings. The maximum Gasteiger partial charge on any atom is 0.296 e. The third kappa shape index (κ3) is 10.3. The van der Waals surface area contributed by atoms with Crippen LogP contribution in [0, 0.1) is 5.92 Å². The molecule has 3 nitrogen and oxygen atoms in total. The summed E-state index contributed by atoms with van der Waals surface area (Å²) >= 11 is 0. The van der Waals surface area contributed by atoms with Gasteiger partial charge in [0.2, 0.25) is 0 Å². The van der Waals surface area contributed by atoms with Crippen molar-refractivity contribution in [3.8, 4) is 0 Å². The van der Waals surface area contributed by atoms with Crippen molar-refractivity contribution in [1.82, 2.24) is 0 Å². The fraction of sp³-hybridized carbons (Fsp3) is 0.727. The highest BCUT2D eigenvalue weighted by molar-refractivity contribution is 7.86. The summed E-state index contributed by atoms with van der Waals surface area (Å²) in [7, 11) is -3.63. The second kappa shape index (κ2) is 14.2. The van der Waals surface area contributed by atoms with Crippen molar-refractivity contribution < 1.29 is 12.6 Å². The van der Waals surface area contributed by atoms with Gasteiger partial charge in [0.15, 0.2) is 0 Å². The summed E-state index contributed by atoms with van der Waals surface area (Å²) in [4.78, 5) is 0.254. The quantitative estimate of drug-likeness (QED) is 0.235. The molecule has 0 radical (unpaired) electrons. The third-order valence-electron chi connectivity index (χ3n) is 4.92. The van der Waals surface area contributed by atoms with E-state index in [4.69, 9.17) is 4.18 Å². The molecule has 26 heavy (non-hydrogen) atoms. The van der Waals surface area contributed by atoms with Crippen LogP contribution < -0.4 is 0 Å². The average Bonchev–Trinajstić information content (AvgIpc) is 2.65. The van der Waals surface area contributed by atoms with Crippen molar-refractivity contribution in [3.05, 3.63) is 30.3 Å². The number of benzene rings is 1. The minimum Gasteiger partial charge on any atom is -0.266 e. The molecule has 150 valence electrons. The standard InChI is InChI=1S/C22H38O3S/c1-3-5-7-9-12-16-21(17-13-10-8-6-4-2)20-25-26(23,24)22-18-14-11-15-19-22/h11,14-15,18-19,21H,3-10,12-13,16-17,20H2,1-2H3. The van der Waals surface area contributed by atoms with Gasteiger partial charge in [-0.1, -0.05) is 96.3 Å². The highest BCUT2D eigenvalue weighted by Gasteiger charge is 2.18. The summed E-state index contributed by atoms with van der Waals surface area (Å²) in [5.41, 5.74) is 0. The molecule has 0 spiro atoms. The molecule has 0 saturated carbocycles. The van der Waals surface area contributed by atoms with Gasteiger partial charge in [0.1, 0.15) is 0 Å². The van der Waals surface area contributed by atoms with Gasteiger partial charge >= 0.3 is 0 Å². The predicted octanol–water partition coefficient (Wildman–Crippen LogP) is 6.73. The molecule has 0 amide bonds. The molecular weight excluding hydrogens is 344 g/mol. The molecule has 0 bridgehead atoms. The van der Waals surface area contributed by atoms with Crippen LogP contribution in [-0.4, -0.2) is 15.0 Å². The lowest BCUT2D eigenvalue weighted by Gasteiger charge is -2.17. The van der Waals surface area contributed by atoms with Gasteiger partial charge in [-0.2, -0.15) is 8.42 Å². The van der Waals surface area contributed by atoms with Crippen molar-refractivity contribution >= 4 is 10.1 Å². The van der Waals surface area contributed by atoms with Crippen LogP contribution in [0.1, 0.15) is 90.9 Å². The Balaban J connectivity index is 2.45. The van der Waals surface area contributed by atoms with Crippen molar-refractivity contribution in [2.45, 2.75) is 95.8 Å². The molecule has 0 aliphatic heterocycles. The Kier molecular flexibility index (Phi) is 12.7. The second-order valence-corrected chi connectivity index (χ2v) is 8.94. The van der Waals surface area contributed by atoms with Crippen LogP contribution in [-0.2, 0) is 14.3 Å². The average molecular weight is 383 g/mol. The normalized spacial score (nSPS) is 12.0. The summed E-state index contributed by atoms with van der Waals surface area (Å²) in [6.45, 7) is 4.77. The largest absolute Gasteiger partial charge is 0.296 e. The Hall–Kier alpha value is -0.870. The lowest BCUT2D eigenvalue weighted by Crippen LogP contribution is -2.15.